The molecule has 0 bridgehead atoms. The number of fused-ring (bicyclic) bond motifs is 1. The summed E-state index contributed by atoms with van der Waals surface area (Å²) in [5, 5.41) is 19.6. The maximum Gasteiger partial charge on any atom is 0.415 e. The highest BCUT2D eigenvalue weighted by atomic mass is 17.1. The Morgan fingerprint density at radius 2 is 1.50 bits per heavy atom. The molecule has 0 radical (unpaired) electrons. The van der Waals surface area contributed by atoms with Gasteiger partial charge in [0.15, 0.2) is 0 Å². The van der Waals surface area contributed by atoms with Gasteiger partial charge in [-0.3, -0.25) is 10.4 Å². The number of ether oxygens (including phenoxy) is 2. The summed E-state index contributed by atoms with van der Waals surface area (Å²) in [7, 11) is 0. The maximum absolute atomic E-state index is 13.3. The van der Waals surface area contributed by atoms with Crippen molar-refractivity contribution in [2.45, 2.75) is 31.7 Å². The number of nitrogens with zero attached hydrogens (tertiary/aromatic N) is 2. The predicted octanol–water partition coefficient (Wildman–Crippen LogP) is 7.59. The molecule has 1 aliphatic rings. The first-order valence-electron chi connectivity index (χ1n) is 14.6. The third-order valence-corrected chi connectivity index (χ3v) is 7.97. The van der Waals surface area contributed by atoms with E-state index in [0.29, 0.717) is 37.4 Å². The van der Waals surface area contributed by atoms with Crippen molar-refractivity contribution in [1.29, 1.82) is 0 Å². The van der Waals surface area contributed by atoms with Crippen molar-refractivity contribution < 1.29 is 29.5 Å². The minimum absolute atomic E-state index is 0.0866. The van der Waals surface area contributed by atoms with Gasteiger partial charge in [-0.15, -0.1) is 0 Å². The minimum Gasteiger partial charge on any atom is -0.410 e. The molecule has 1 amide bonds. The predicted molar refractivity (Wildman–Crippen MR) is 166 cm³/mol. The van der Waals surface area contributed by atoms with Gasteiger partial charge in [0.2, 0.25) is 0 Å². The van der Waals surface area contributed by atoms with E-state index in [9.17, 15) is 4.79 Å². The number of likely N-dealkylation sites (tertiary alicyclic amines) is 1. The van der Waals surface area contributed by atoms with E-state index >= 15 is 0 Å². The quantitative estimate of drug-likeness (QED) is 0.171. The summed E-state index contributed by atoms with van der Waals surface area (Å²) in [5.41, 5.74) is 5.16. The Morgan fingerprint density at radius 3 is 2.34 bits per heavy atom. The molecule has 0 aromatic heterocycles. The van der Waals surface area contributed by atoms with Crippen LogP contribution in [0.25, 0.3) is 21.9 Å². The third kappa shape index (κ3) is 7.31. The molecule has 0 unspecified atom stereocenters. The van der Waals surface area contributed by atoms with Crippen molar-refractivity contribution in [1.82, 2.24) is 10.3 Å². The van der Waals surface area contributed by atoms with E-state index in [1.165, 1.54) is 10.9 Å². The first kappa shape index (κ1) is 29.5. The number of carbonyl (C=O) groups is 1. The molecule has 0 aliphatic carbocycles. The summed E-state index contributed by atoms with van der Waals surface area (Å²) in [5.74, 6) is 0.424. The van der Waals surface area contributed by atoms with Crippen LogP contribution < -0.4 is 4.74 Å². The second-order valence-electron chi connectivity index (χ2n) is 10.9. The summed E-state index contributed by atoms with van der Waals surface area (Å²) in [6.07, 6.45) is -0.00896. The largest absolute Gasteiger partial charge is 0.415 e. The Kier molecular flexibility index (Phi) is 9.26. The molecule has 1 saturated heterocycles. The highest BCUT2D eigenvalue weighted by molar-refractivity contribution is 5.83. The molecule has 224 valence electrons. The van der Waals surface area contributed by atoms with Crippen molar-refractivity contribution in [3.63, 3.8) is 0 Å². The summed E-state index contributed by atoms with van der Waals surface area (Å²) >= 11 is 0. The molecule has 1 fully saturated rings. The Hall–Kier alpha value is -4.57. The highest BCUT2D eigenvalue weighted by Gasteiger charge is 2.34. The van der Waals surface area contributed by atoms with Crippen molar-refractivity contribution >= 4 is 16.9 Å². The molecular weight excluding hydrogens is 556 g/mol. The lowest BCUT2D eigenvalue weighted by atomic mass is 9.85. The van der Waals surface area contributed by atoms with E-state index in [0.717, 1.165) is 22.1 Å². The normalized spacial score (nSPS) is 16.8. The zero-order valence-electron chi connectivity index (χ0n) is 24.2. The zero-order chi connectivity index (χ0) is 30.3. The molecule has 5 aromatic carbocycles. The van der Waals surface area contributed by atoms with Crippen LogP contribution in [-0.4, -0.2) is 46.0 Å². The van der Waals surface area contributed by atoms with Crippen molar-refractivity contribution in [3.05, 3.63) is 138 Å². The molecule has 2 N–H and O–H groups in total. The lowest BCUT2D eigenvalue weighted by Crippen LogP contribution is -2.47. The molecule has 44 heavy (non-hydrogen) atoms. The van der Waals surface area contributed by atoms with Crippen LogP contribution in [0.5, 0.6) is 5.75 Å². The fourth-order valence-electron chi connectivity index (χ4n) is 5.74. The standard InChI is InChI=1S/C36H34N2O6/c39-36(44-33-15-6-8-26(21-33)25-43-38(40)41)37-19-18-34(32-14-7-13-31(22-32)28-9-2-1-3-10-28)35(23-37)42-24-27-16-17-29-11-4-5-12-30(29)20-27/h1-17,20-22,34-35,40-41H,18-19,23-25H2/t34-,35+/m1/s1. The van der Waals surface area contributed by atoms with E-state index < -0.39 is 6.09 Å². The number of hydrogen-bond donors (Lipinski definition) is 2. The molecule has 5 aromatic rings. The van der Waals surface area contributed by atoms with Gasteiger partial charge in [0, 0.05) is 12.5 Å². The summed E-state index contributed by atoms with van der Waals surface area (Å²) < 4.78 is 12.3. The van der Waals surface area contributed by atoms with Crippen LogP contribution >= 0.6 is 0 Å². The number of benzene rings is 5. The Balaban J connectivity index is 1.20. The SMILES string of the molecule is O=C(Oc1cccc(CON(O)O)c1)N1CC[C@H](c2cccc(-c3ccccc3)c2)[C@@H](OCc2ccc3ccccc3c2)C1. The van der Waals surface area contributed by atoms with Gasteiger partial charge in [0.1, 0.15) is 5.75 Å². The second kappa shape index (κ2) is 13.8. The van der Waals surface area contributed by atoms with Gasteiger partial charge in [0.25, 0.3) is 0 Å². The molecular formula is C36H34N2O6. The average Bonchev–Trinajstić information content (AvgIpc) is 3.07. The van der Waals surface area contributed by atoms with Crippen LogP contribution in [0.2, 0.25) is 0 Å². The average molecular weight is 591 g/mol. The van der Waals surface area contributed by atoms with Crippen LogP contribution in [0.4, 0.5) is 4.79 Å². The molecule has 8 heteroatoms. The second-order valence-corrected chi connectivity index (χ2v) is 10.9. The third-order valence-electron chi connectivity index (χ3n) is 7.97. The van der Waals surface area contributed by atoms with Crippen LogP contribution in [0.3, 0.4) is 0 Å². The van der Waals surface area contributed by atoms with Gasteiger partial charge < -0.3 is 14.4 Å². The molecule has 0 spiro atoms. The Labute approximate surface area is 256 Å². The molecule has 1 heterocycles. The summed E-state index contributed by atoms with van der Waals surface area (Å²) in [6.45, 7) is 1.21. The van der Waals surface area contributed by atoms with E-state index in [4.69, 9.17) is 19.9 Å². The van der Waals surface area contributed by atoms with E-state index in [2.05, 4.69) is 71.6 Å². The van der Waals surface area contributed by atoms with Gasteiger partial charge in [-0.25, -0.2) is 9.63 Å². The van der Waals surface area contributed by atoms with Crippen molar-refractivity contribution in [3.8, 4) is 16.9 Å². The highest BCUT2D eigenvalue weighted by Crippen LogP contribution is 2.34. The molecule has 1 aliphatic heterocycles. The van der Waals surface area contributed by atoms with Crippen LogP contribution in [0.15, 0.2) is 121 Å². The van der Waals surface area contributed by atoms with Crippen molar-refractivity contribution in [2.24, 2.45) is 0 Å². The van der Waals surface area contributed by atoms with Crippen LogP contribution in [0, 0.1) is 0 Å². The number of rotatable bonds is 9. The van der Waals surface area contributed by atoms with Crippen LogP contribution in [0.1, 0.15) is 29.0 Å². The van der Waals surface area contributed by atoms with Gasteiger partial charge in [-0.1, -0.05) is 103 Å². The summed E-state index contributed by atoms with van der Waals surface area (Å²) in [6, 6.07) is 40.2. The van der Waals surface area contributed by atoms with E-state index in [1.807, 2.05) is 30.3 Å². The topological polar surface area (TPSA) is 91.7 Å². The number of carbonyl (C=O) groups excluding carboxylic acids is 1. The van der Waals surface area contributed by atoms with E-state index in [1.54, 1.807) is 29.2 Å². The fraction of sp³-hybridized carbons (Fsp3) is 0.194. The lowest BCUT2D eigenvalue weighted by Gasteiger charge is -2.38. The van der Waals surface area contributed by atoms with Crippen molar-refractivity contribution in [2.75, 3.05) is 13.1 Å². The van der Waals surface area contributed by atoms with Gasteiger partial charge in [-0.05, 0) is 63.2 Å². The van der Waals surface area contributed by atoms with Gasteiger partial charge in [0.05, 0.1) is 31.3 Å². The van der Waals surface area contributed by atoms with E-state index in [-0.39, 0.29) is 24.0 Å². The maximum atomic E-state index is 13.3. The minimum atomic E-state index is -0.468. The Bertz CT molecular complexity index is 1710. The van der Waals surface area contributed by atoms with Gasteiger partial charge in [-0.2, -0.15) is 0 Å². The monoisotopic (exact) mass is 590 g/mol. The Morgan fingerprint density at radius 1 is 0.750 bits per heavy atom. The molecule has 2 atom stereocenters. The molecule has 6 rings (SSSR count). The van der Waals surface area contributed by atoms with Gasteiger partial charge >= 0.3 is 6.09 Å². The summed E-state index contributed by atoms with van der Waals surface area (Å²) in [4.78, 5) is 19.7. The first-order valence-corrected chi connectivity index (χ1v) is 14.6. The number of hydrogen-bond acceptors (Lipinski definition) is 7. The number of amides is 1. The zero-order valence-corrected chi connectivity index (χ0v) is 24.2. The fourth-order valence-corrected chi connectivity index (χ4v) is 5.74. The smallest absolute Gasteiger partial charge is 0.410 e. The first-order chi connectivity index (χ1) is 21.5. The lowest BCUT2D eigenvalue weighted by molar-refractivity contribution is -0.497. The number of piperidine rings is 1. The van der Waals surface area contributed by atoms with Crippen LogP contribution in [-0.2, 0) is 22.8 Å². The molecule has 0 saturated carbocycles. The molecule has 8 nitrogen and oxygen atoms in total.